The van der Waals surface area contributed by atoms with Crippen molar-refractivity contribution in [2.45, 2.75) is 70.6 Å². The van der Waals surface area contributed by atoms with Crippen LogP contribution in [0.25, 0.3) is 0 Å². The van der Waals surface area contributed by atoms with Crippen LogP contribution >= 0.6 is 0 Å². The van der Waals surface area contributed by atoms with E-state index in [4.69, 9.17) is 4.74 Å². The van der Waals surface area contributed by atoms with Gasteiger partial charge in [0.05, 0.1) is 30.3 Å². The number of rotatable bonds is 10. The Hall–Kier alpha value is -2.97. The van der Waals surface area contributed by atoms with Gasteiger partial charge in [0.1, 0.15) is 0 Å². The van der Waals surface area contributed by atoms with Gasteiger partial charge in [0, 0.05) is 25.3 Å². The van der Waals surface area contributed by atoms with E-state index < -0.39 is 9.84 Å². The quantitative estimate of drug-likeness (QED) is 0.376. The molecule has 0 radical (unpaired) electrons. The Morgan fingerprint density at radius 3 is 2.54 bits per heavy atom. The first-order valence-electron chi connectivity index (χ1n) is 12.9. The fourth-order valence-corrected chi connectivity index (χ4v) is 6.23. The van der Waals surface area contributed by atoms with Gasteiger partial charge in [0.2, 0.25) is 15.0 Å². The molecule has 2 aromatic carbocycles. The number of amides is 1. The lowest BCUT2D eigenvalue weighted by molar-refractivity contribution is 0.0501. The largest absolute Gasteiger partial charge is 0.376 e. The second-order valence-corrected chi connectivity index (χ2v) is 12.4. The predicted octanol–water partition coefficient (Wildman–Crippen LogP) is 4.95. The number of benzene rings is 2. The lowest BCUT2D eigenvalue weighted by Gasteiger charge is -2.26. The number of nitrogens with zero attached hydrogens (tertiary/aromatic N) is 3. The van der Waals surface area contributed by atoms with Crippen molar-refractivity contribution < 1.29 is 17.9 Å². The first-order chi connectivity index (χ1) is 17.6. The summed E-state index contributed by atoms with van der Waals surface area (Å²) in [6, 6.07) is 15.1. The van der Waals surface area contributed by atoms with Gasteiger partial charge in [0.25, 0.3) is 5.91 Å². The predicted molar refractivity (Wildman–Crippen MR) is 144 cm³/mol. The molecule has 0 spiro atoms. The molecule has 1 fully saturated rings. The van der Waals surface area contributed by atoms with E-state index in [0.29, 0.717) is 31.0 Å². The molecule has 0 aliphatic carbocycles. The Morgan fingerprint density at radius 2 is 1.89 bits per heavy atom. The van der Waals surface area contributed by atoms with Gasteiger partial charge >= 0.3 is 0 Å². The Balaban J connectivity index is 1.66. The van der Waals surface area contributed by atoms with Gasteiger partial charge in [-0.2, -0.15) is 0 Å². The van der Waals surface area contributed by atoms with Crippen molar-refractivity contribution in [3.8, 4) is 0 Å². The third kappa shape index (κ3) is 6.87. The summed E-state index contributed by atoms with van der Waals surface area (Å²) in [5.41, 5.74) is 4.13. The number of aromatic nitrogens is 2. The highest BCUT2D eigenvalue weighted by Crippen LogP contribution is 2.23. The summed E-state index contributed by atoms with van der Waals surface area (Å²) in [6.07, 6.45) is 3.46. The molecule has 0 N–H and O–H groups in total. The number of hydrogen-bond donors (Lipinski definition) is 0. The summed E-state index contributed by atoms with van der Waals surface area (Å²) in [5, 5.41) is 0.0533. The number of hydrogen-bond acceptors (Lipinski definition) is 5. The molecular formula is C29H37N3O4S. The van der Waals surface area contributed by atoms with Crippen LogP contribution in [-0.2, 0) is 33.4 Å². The molecule has 0 bridgehead atoms. The van der Waals surface area contributed by atoms with Crippen molar-refractivity contribution in [3.63, 3.8) is 0 Å². The zero-order valence-electron chi connectivity index (χ0n) is 22.2. The molecule has 1 aliphatic heterocycles. The average molecular weight is 524 g/mol. The first-order valence-corrected chi connectivity index (χ1v) is 14.6. The zero-order valence-corrected chi connectivity index (χ0v) is 23.0. The maximum Gasteiger partial charge on any atom is 0.254 e. The van der Waals surface area contributed by atoms with Crippen molar-refractivity contribution in [3.05, 3.63) is 82.7 Å². The van der Waals surface area contributed by atoms with Gasteiger partial charge in [-0.3, -0.25) is 4.79 Å². The number of sulfone groups is 1. The Kier molecular flexibility index (Phi) is 8.49. The van der Waals surface area contributed by atoms with Gasteiger partial charge in [-0.25, -0.2) is 13.4 Å². The SMILES string of the molecule is Cc1ccc(C(=O)N(Cc2cnc(S(=O)(=O)Cc3cccc(C)c3)n2CC(C)C)C[C@@H]2CCCO2)cc1. The fourth-order valence-electron chi connectivity index (χ4n) is 4.74. The van der Waals surface area contributed by atoms with Crippen LogP contribution in [0.15, 0.2) is 59.9 Å². The molecule has 37 heavy (non-hydrogen) atoms. The van der Waals surface area contributed by atoms with Gasteiger partial charge in [0.15, 0.2) is 0 Å². The lowest BCUT2D eigenvalue weighted by atomic mass is 10.1. The summed E-state index contributed by atoms with van der Waals surface area (Å²) >= 11 is 0. The van der Waals surface area contributed by atoms with Crippen LogP contribution in [0.5, 0.6) is 0 Å². The number of carbonyl (C=O) groups excluding carboxylic acids is 1. The summed E-state index contributed by atoms with van der Waals surface area (Å²) in [5.74, 6) is -0.0252. The molecule has 198 valence electrons. The standard InChI is InChI=1S/C29H37N3O4S/c1-21(2)17-32-26(16-30-29(32)37(34,35)20-24-8-5-7-23(4)15-24)18-31(19-27-9-6-14-36-27)28(33)25-12-10-22(3)11-13-25/h5,7-8,10-13,15-16,21,27H,6,9,14,17-20H2,1-4H3/t27-/m0/s1. The van der Waals surface area contributed by atoms with Crippen LogP contribution < -0.4 is 0 Å². The van der Waals surface area contributed by atoms with E-state index in [2.05, 4.69) is 4.98 Å². The second kappa shape index (κ2) is 11.6. The Morgan fingerprint density at radius 1 is 1.14 bits per heavy atom. The number of ether oxygens (including phenoxy) is 1. The normalized spacial score (nSPS) is 15.9. The van der Waals surface area contributed by atoms with Crippen LogP contribution in [0, 0.1) is 19.8 Å². The smallest absolute Gasteiger partial charge is 0.254 e. The van der Waals surface area contributed by atoms with E-state index in [9.17, 15) is 13.2 Å². The first kappa shape index (κ1) is 27.1. The van der Waals surface area contributed by atoms with Crippen molar-refractivity contribution in [1.82, 2.24) is 14.5 Å². The van der Waals surface area contributed by atoms with Crippen molar-refractivity contribution in [2.75, 3.05) is 13.2 Å². The minimum Gasteiger partial charge on any atom is -0.376 e. The van der Waals surface area contributed by atoms with E-state index in [1.165, 1.54) is 0 Å². The molecule has 1 aliphatic rings. The molecule has 0 saturated carbocycles. The molecule has 1 aromatic heterocycles. The van der Waals surface area contributed by atoms with E-state index in [1.807, 2.05) is 76.2 Å². The molecule has 0 unspecified atom stereocenters. The van der Waals surface area contributed by atoms with Crippen molar-refractivity contribution in [2.24, 2.45) is 5.92 Å². The molecular weight excluding hydrogens is 486 g/mol. The Bertz CT molecular complexity index is 1320. The number of aryl methyl sites for hydroxylation is 2. The molecule has 1 atom stereocenters. The molecule has 7 nitrogen and oxygen atoms in total. The third-order valence-corrected chi connectivity index (χ3v) is 8.15. The topological polar surface area (TPSA) is 81.5 Å². The molecule has 1 saturated heterocycles. The highest BCUT2D eigenvalue weighted by atomic mass is 32.2. The summed E-state index contributed by atoms with van der Waals surface area (Å²) in [7, 11) is -3.70. The third-order valence-electron chi connectivity index (χ3n) is 6.55. The van der Waals surface area contributed by atoms with Crippen LogP contribution in [0.2, 0.25) is 0 Å². The molecule has 8 heteroatoms. The maximum atomic E-state index is 13.6. The molecule has 2 heterocycles. The second-order valence-electron chi connectivity index (χ2n) is 10.5. The van der Waals surface area contributed by atoms with Gasteiger partial charge in [-0.15, -0.1) is 0 Å². The van der Waals surface area contributed by atoms with Gasteiger partial charge < -0.3 is 14.2 Å². The minimum atomic E-state index is -3.70. The highest BCUT2D eigenvalue weighted by molar-refractivity contribution is 7.90. The molecule has 3 aromatic rings. The van der Waals surface area contributed by atoms with Crippen LogP contribution in [0.3, 0.4) is 0 Å². The van der Waals surface area contributed by atoms with Gasteiger partial charge in [-0.05, 0) is 50.3 Å². The zero-order chi connectivity index (χ0) is 26.6. The minimum absolute atomic E-state index is 0.0274. The summed E-state index contributed by atoms with van der Waals surface area (Å²) in [4.78, 5) is 19.7. The fraction of sp³-hybridized carbons (Fsp3) is 0.448. The van der Waals surface area contributed by atoms with Crippen LogP contribution in [0.4, 0.5) is 0 Å². The van der Waals surface area contributed by atoms with E-state index >= 15 is 0 Å². The number of carbonyl (C=O) groups is 1. The lowest BCUT2D eigenvalue weighted by Crippen LogP contribution is -2.37. The summed E-state index contributed by atoms with van der Waals surface area (Å²) < 4.78 is 34.6. The van der Waals surface area contributed by atoms with Crippen LogP contribution in [0.1, 0.15) is 59.4 Å². The molecule has 4 rings (SSSR count). The number of imidazole rings is 1. The highest BCUT2D eigenvalue weighted by Gasteiger charge is 2.28. The monoisotopic (exact) mass is 523 g/mol. The Labute approximate surface area is 220 Å². The summed E-state index contributed by atoms with van der Waals surface area (Å²) in [6.45, 7) is 9.92. The van der Waals surface area contributed by atoms with Crippen LogP contribution in [-0.4, -0.2) is 48.0 Å². The molecule has 1 amide bonds. The average Bonchev–Trinajstić information content (AvgIpc) is 3.49. The van der Waals surface area contributed by atoms with E-state index in [-0.39, 0.29) is 35.4 Å². The van der Waals surface area contributed by atoms with Crippen molar-refractivity contribution in [1.29, 1.82) is 0 Å². The van der Waals surface area contributed by atoms with E-state index in [0.717, 1.165) is 29.5 Å². The maximum absolute atomic E-state index is 13.6. The van der Waals surface area contributed by atoms with Gasteiger partial charge in [-0.1, -0.05) is 61.4 Å². The van der Waals surface area contributed by atoms with Crippen molar-refractivity contribution >= 4 is 15.7 Å². The van der Waals surface area contributed by atoms with E-state index in [1.54, 1.807) is 15.7 Å².